The normalized spacial score (nSPS) is 12.6. The van der Waals surface area contributed by atoms with Crippen LogP contribution >= 0.6 is 0 Å². The first-order valence-corrected chi connectivity index (χ1v) is 19.8. The third-order valence-corrected chi connectivity index (χ3v) is 10.9. The molecule has 6 aromatic carbocycles. The van der Waals surface area contributed by atoms with E-state index in [4.69, 9.17) is 13.5 Å². The van der Waals surface area contributed by atoms with E-state index in [1.165, 1.54) is 22.0 Å². The fraction of sp³-hybridized carbons (Fsp3) is 0.0909. The molecule has 0 spiro atoms. The van der Waals surface area contributed by atoms with Crippen LogP contribution < -0.4 is 5.19 Å². The molecular weight excluding hydrogens is 807 g/mol. The molecule has 0 aliphatic rings. The van der Waals surface area contributed by atoms with Gasteiger partial charge in [0.2, 0.25) is 0 Å². The van der Waals surface area contributed by atoms with E-state index < -0.39 is 14.9 Å². The van der Waals surface area contributed by atoms with Gasteiger partial charge in [-0.3, -0.25) is 4.98 Å². The molecule has 0 fully saturated rings. The van der Waals surface area contributed by atoms with Gasteiger partial charge < -0.3 is 14.0 Å². The van der Waals surface area contributed by atoms with E-state index in [9.17, 15) is 0 Å². The number of nitrogens with zero attached hydrogens (tertiary/aromatic N) is 3. The summed E-state index contributed by atoms with van der Waals surface area (Å²) < 4.78 is 30.6. The van der Waals surface area contributed by atoms with E-state index in [0.29, 0.717) is 5.56 Å². The molecule has 6 heteroatoms. The maximum atomic E-state index is 7.35. The molecular formula is C44H35IrN3OSi-2. The van der Waals surface area contributed by atoms with Crippen molar-refractivity contribution in [3.8, 4) is 28.3 Å². The SMILES string of the molecule is [2H]C([2H])([2H])c1c[c-]c(-c2ccc([Si](C)(C)C)cn2)cc1.[Ir].[c-]1ccc2c(oc3ccccc32)c1-c1nc2ccccc2n1-c1cccc2ccccc12. The second-order valence-corrected chi connectivity index (χ2v) is 18.2. The molecule has 3 heterocycles. The molecule has 0 amide bonds. The van der Waals surface area contributed by atoms with E-state index in [0.717, 1.165) is 61.3 Å². The van der Waals surface area contributed by atoms with Gasteiger partial charge >= 0.3 is 0 Å². The molecule has 9 rings (SSSR count). The van der Waals surface area contributed by atoms with Gasteiger partial charge in [0.15, 0.2) is 0 Å². The van der Waals surface area contributed by atoms with Crippen LogP contribution in [0.5, 0.6) is 0 Å². The van der Waals surface area contributed by atoms with Crippen LogP contribution in [0.1, 0.15) is 9.68 Å². The average Bonchev–Trinajstić information content (AvgIpc) is 3.73. The number of pyridine rings is 1. The van der Waals surface area contributed by atoms with Gasteiger partial charge in [0.05, 0.1) is 30.5 Å². The first-order chi connectivity index (χ1) is 25.1. The van der Waals surface area contributed by atoms with Crippen LogP contribution in [0.15, 0.2) is 144 Å². The van der Waals surface area contributed by atoms with Crippen molar-refractivity contribution >= 4 is 57.0 Å². The van der Waals surface area contributed by atoms with Crippen LogP contribution in [0.3, 0.4) is 0 Å². The number of hydrogen-bond acceptors (Lipinski definition) is 3. The summed E-state index contributed by atoms with van der Waals surface area (Å²) in [5, 5.41) is 5.85. The zero-order valence-corrected chi connectivity index (χ0v) is 31.3. The molecule has 0 unspecified atom stereocenters. The van der Waals surface area contributed by atoms with E-state index >= 15 is 0 Å². The Morgan fingerprint density at radius 1 is 0.740 bits per heavy atom. The molecule has 0 atom stereocenters. The van der Waals surface area contributed by atoms with Crippen LogP contribution in [0.2, 0.25) is 19.6 Å². The largest absolute Gasteiger partial charge is 0.501 e. The number of aromatic nitrogens is 3. The Balaban J connectivity index is 0.000000180. The van der Waals surface area contributed by atoms with Crippen molar-refractivity contribution in [3.63, 3.8) is 0 Å². The van der Waals surface area contributed by atoms with Gasteiger partial charge in [-0.1, -0.05) is 116 Å². The minimum atomic E-state index is -2.08. The molecule has 247 valence electrons. The molecule has 0 saturated carbocycles. The van der Waals surface area contributed by atoms with Gasteiger partial charge in [0.1, 0.15) is 5.58 Å². The summed E-state index contributed by atoms with van der Waals surface area (Å²) in [6.45, 7) is 4.76. The van der Waals surface area contributed by atoms with Crippen molar-refractivity contribution in [2.24, 2.45) is 0 Å². The molecule has 0 N–H and O–H groups in total. The average molecular weight is 845 g/mol. The van der Waals surface area contributed by atoms with Crippen molar-refractivity contribution in [3.05, 3.63) is 157 Å². The Morgan fingerprint density at radius 3 is 2.30 bits per heavy atom. The molecule has 9 aromatic rings. The molecule has 50 heavy (non-hydrogen) atoms. The molecule has 1 radical (unpaired) electrons. The van der Waals surface area contributed by atoms with Crippen molar-refractivity contribution in [2.45, 2.75) is 26.5 Å². The summed E-state index contributed by atoms with van der Waals surface area (Å²) in [6.07, 6.45) is 1.92. The monoisotopic (exact) mass is 845 g/mol. The number of benzene rings is 6. The summed E-state index contributed by atoms with van der Waals surface area (Å²) in [6, 6.07) is 50.7. The van der Waals surface area contributed by atoms with Gasteiger partial charge in [0.25, 0.3) is 0 Å². The van der Waals surface area contributed by atoms with Crippen LogP contribution in [-0.2, 0) is 20.1 Å². The predicted molar refractivity (Wildman–Crippen MR) is 206 cm³/mol. The third kappa shape index (κ3) is 6.22. The van der Waals surface area contributed by atoms with Crippen LogP contribution in [0.4, 0.5) is 0 Å². The Kier molecular flexibility index (Phi) is 8.12. The topological polar surface area (TPSA) is 43.9 Å². The number of rotatable bonds is 4. The van der Waals surface area contributed by atoms with Crippen molar-refractivity contribution in [2.75, 3.05) is 0 Å². The Morgan fingerprint density at radius 2 is 1.52 bits per heavy atom. The number of imidazole rings is 1. The maximum Gasteiger partial charge on any atom is 0.120 e. The third-order valence-electron chi connectivity index (χ3n) is 8.85. The summed E-state index contributed by atoms with van der Waals surface area (Å²) >= 11 is 0. The summed E-state index contributed by atoms with van der Waals surface area (Å²) in [5.41, 5.74) is 7.58. The Bertz CT molecular complexity index is 2650. The van der Waals surface area contributed by atoms with Gasteiger partial charge in [-0.25, -0.2) is 0 Å². The Labute approximate surface area is 311 Å². The number of para-hydroxylation sites is 3. The molecule has 4 nitrogen and oxygen atoms in total. The fourth-order valence-corrected chi connectivity index (χ4v) is 7.31. The molecule has 0 bridgehead atoms. The zero-order valence-electron chi connectivity index (χ0n) is 30.9. The zero-order chi connectivity index (χ0) is 36.0. The van der Waals surface area contributed by atoms with Crippen molar-refractivity contribution in [1.29, 1.82) is 0 Å². The maximum absolute atomic E-state index is 7.35. The smallest absolute Gasteiger partial charge is 0.120 e. The minimum absolute atomic E-state index is 0. The quantitative estimate of drug-likeness (QED) is 0.131. The second-order valence-electron chi connectivity index (χ2n) is 13.1. The molecule has 0 aliphatic heterocycles. The van der Waals surface area contributed by atoms with E-state index in [1.54, 1.807) is 12.1 Å². The van der Waals surface area contributed by atoms with Crippen LogP contribution in [-0.4, -0.2) is 22.6 Å². The van der Waals surface area contributed by atoms with Gasteiger partial charge in [0, 0.05) is 46.9 Å². The molecule has 3 aromatic heterocycles. The first kappa shape index (κ1) is 29.8. The number of hydrogen-bond donors (Lipinski definition) is 0. The molecule has 0 saturated heterocycles. The fourth-order valence-electron chi connectivity index (χ4n) is 6.28. The number of fused-ring (bicyclic) bond motifs is 5. The summed E-state index contributed by atoms with van der Waals surface area (Å²) in [5.74, 6) is 0.826. The van der Waals surface area contributed by atoms with Gasteiger partial charge in [-0.05, 0) is 40.5 Å². The summed E-state index contributed by atoms with van der Waals surface area (Å²) in [4.78, 5) is 9.53. The number of furan rings is 1. The van der Waals surface area contributed by atoms with Crippen LogP contribution in [0, 0.1) is 19.0 Å². The van der Waals surface area contributed by atoms with Gasteiger partial charge in [-0.2, -0.15) is 0 Å². The Hall–Kier alpha value is -5.13. The van der Waals surface area contributed by atoms with Gasteiger partial charge in [-0.15, -0.1) is 53.6 Å². The minimum Gasteiger partial charge on any atom is -0.501 e. The first-order valence-electron chi connectivity index (χ1n) is 17.8. The standard InChI is InChI=1S/C29H17N2O.C15H18NSi.Ir/c1-2-11-20-19(9-1)10-7-17-25(20)31-26-16-5-4-15-24(26)30-29(31)23-14-8-13-22-21-12-3-6-18-27(21)32-28(22)23;1-12-5-7-13(8-6-12)15-10-9-14(11-16-15)17(2,3)4;/h1-13,15-18H;5-7,9-11H,1-4H3;/q2*-1;/i;1D3;. The van der Waals surface area contributed by atoms with Crippen molar-refractivity contribution < 1.29 is 28.6 Å². The molecule has 0 aliphatic carbocycles. The van der Waals surface area contributed by atoms with E-state index in [1.807, 2.05) is 42.6 Å². The summed E-state index contributed by atoms with van der Waals surface area (Å²) in [7, 11) is -1.34. The second kappa shape index (κ2) is 13.6. The van der Waals surface area contributed by atoms with Crippen LogP contribution in [0.25, 0.3) is 72.1 Å². The number of aryl methyl sites for hydroxylation is 1. The van der Waals surface area contributed by atoms with Crippen molar-refractivity contribution in [1.82, 2.24) is 14.5 Å². The van der Waals surface area contributed by atoms with E-state index in [-0.39, 0.29) is 20.1 Å². The van der Waals surface area contributed by atoms with E-state index in [2.05, 4.69) is 120 Å². The predicted octanol–water partition coefficient (Wildman–Crippen LogP) is 10.9.